The lowest BCUT2D eigenvalue weighted by Crippen LogP contribution is -2.56. The van der Waals surface area contributed by atoms with Crippen molar-refractivity contribution in [3.8, 4) is 16.9 Å². The molecular weight excluding hydrogens is 477 g/mol. The molecule has 0 aliphatic rings. The zero-order valence-corrected chi connectivity index (χ0v) is 19.3. The number of anilines is 1. The molecule has 0 aromatic heterocycles. The van der Waals surface area contributed by atoms with Gasteiger partial charge in [0.1, 0.15) is 11.3 Å². The molecule has 3 aromatic carbocycles. The number of benzene rings is 3. The zero-order valence-electron chi connectivity index (χ0n) is 19.3. The van der Waals surface area contributed by atoms with Crippen molar-refractivity contribution in [2.24, 2.45) is 0 Å². The molecule has 0 heterocycles. The molecule has 0 aliphatic heterocycles. The average molecular weight is 502 g/mol. The number of aliphatic hydroxyl groups is 1. The van der Waals surface area contributed by atoms with Crippen LogP contribution in [0.4, 0.5) is 23.7 Å². The molecule has 190 valence electrons. The van der Waals surface area contributed by atoms with Gasteiger partial charge < -0.3 is 25.6 Å². The van der Waals surface area contributed by atoms with Gasteiger partial charge in [0.15, 0.2) is 0 Å². The minimum Gasteiger partial charge on any atom is -0.493 e. The third-order valence-electron chi connectivity index (χ3n) is 5.47. The summed E-state index contributed by atoms with van der Waals surface area (Å²) in [4.78, 5) is 23.2. The Morgan fingerprint density at radius 1 is 0.889 bits per heavy atom. The number of carbonyl (C=O) groups excluding carboxylic acids is 1. The van der Waals surface area contributed by atoms with Gasteiger partial charge in [0.2, 0.25) is 0 Å². The van der Waals surface area contributed by atoms with Crippen LogP contribution in [0.25, 0.3) is 11.1 Å². The van der Waals surface area contributed by atoms with Crippen molar-refractivity contribution in [2.45, 2.75) is 25.1 Å². The number of hydrogen-bond acceptors (Lipinski definition) is 4. The second-order valence-electron chi connectivity index (χ2n) is 8.27. The van der Waals surface area contributed by atoms with Crippen LogP contribution in [-0.2, 0) is 17.4 Å². The number of nitrogens with one attached hydrogen (secondary N) is 2. The van der Waals surface area contributed by atoms with E-state index in [1.165, 1.54) is 19.1 Å². The number of halogens is 3. The minimum absolute atomic E-state index is 0.371. The topological polar surface area (TPSA) is 108 Å². The summed E-state index contributed by atoms with van der Waals surface area (Å²) in [6.45, 7) is 0.929. The largest absolute Gasteiger partial charge is 0.493 e. The molecule has 7 nitrogen and oxygen atoms in total. The number of amides is 2. The average Bonchev–Trinajstić information content (AvgIpc) is 2.84. The van der Waals surface area contributed by atoms with Crippen molar-refractivity contribution in [1.29, 1.82) is 0 Å². The molecule has 3 rings (SSSR count). The molecule has 0 saturated heterocycles. The Labute approximate surface area is 205 Å². The minimum atomic E-state index is -4.36. The molecule has 10 heteroatoms. The smallest absolute Gasteiger partial charge is 0.416 e. The summed E-state index contributed by atoms with van der Waals surface area (Å²) < 4.78 is 43.9. The summed E-state index contributed by atoms with van der Waals surface area (Å²) in [5, 5.41) is 22.8. The SMILES string of the molecule is C[C@@](CO)(NC(=O)O)C(=O)Nc1ccc(OCCc2ccc(-c3ccc(C(F)(F)F)cc3)cc2)cc1. The summed E-state index contributed by atoms with van der Waals surface area (Å²) in [5.74, 6) is -0.149. The van der Waals surface area contributed by atoms with Crippen LogP contribution in [0.2, 0.25) is 0 Å². The van der Waals surface area contributed by atoms with Crippen molar-refractivity contribution < 1.29 is 37.7 Å². The normalized spacial score (nSPS) is 12.9. The Balaban J connectivity index is 1.50. The van der Waals surface area contributed by atoms with E-state index in [1.807, 2.05) is 29.6 Å². The number of aliphatic hydroxyl groups excluding tert-OH is 1. The van der Waals surface area contributed by atoms with Crippen LogP contribution in [0.5, 0.6) is 5.75 Å². The standard InChI is InChI=1S/C26H25F3N2O5/c1-25(16-32,31-24(34)35)23(33)30-21-10-12-22(13-11-21)36-15-14-17-2-4-18(5-3-17)19-6-8-20(9-7-19)26(27,28)29/h2-13,31-32H,14-16H2,1H3,(H,30,33)(H,34,35)/t25-/m0/s1. The molecule has 0 bridgehead atoms. The van der Waals surface area contributed by atoms with Crippen molar-refractivity contribution >= 4 is 17.7 Å². The van der Waals surface area contributed by atoms with E-state index in [0.717, 1.165) is 23.3 Å². The van der Waals surface area contributed by atoms with E-state index in [-0.39, 0.29) is 0 Å². The van der Waals surface area contributed by atoms with Crippen molar-refractivity contribution in [1.82, 2.24) is 5.32 Å². The molecule has 36 heavy (non-hydrogen) atoms. The van der Waals surface area contributed by atoms with Gasteiger partial charge in [-0.25, -0.2) is 4.79 Å². The molecule has 0 unspecified atom stereocenters. The Morgan fingerprint density at radius 3 is 1.94 bits per heavy atom. The third-order valence-corrected chi connectivity index (χ3v) is 5.47. The molecule has 4 N–H and O–H groups in total. The molecule has 0 saturated carbocycles. The predicted molar refractivity (Wildman–Crippen MR) is 128 cm³/mol. The molecule has 1 atom stereocenters. The zero-order chi connectivity index (χ0) is 26.3. The highest BCUT2D eigenvalue weighted by atomic mass is 19.4. The van der Waals surface area contributed by atoms with E-state index in [2.05, 4.69) is 5.32 Å². The van der Waals surface area contributed by atoms with Crippen LogP contribution in [0.1, 0.15) is 18.1 Å². The quantitative estimate of drug-likeness (QED) is 0.331. The number of ether oxygens (including phenoxy) is 1. The van der Waals surface area contributed by atoms with Crippen molar-refractivity contribution in [3.63, 3.8) is 0 Å². The second kappa shape index (κ2) is 11.1. The van der Waals surface area contributed by atoms with Crippen LogP contribution in [0.15, 0.2) is 72.8 Å². The summed E-state index contributed by atoms with van der Waals surface area (Å²) in [7, 11) is 0. The van der Waals surface area contributed by atoms with Crippen LogP contribution in [0, 0.1) is 0 Å². The maximum Gasteiger partial charge on any atom is 0.416 e. The number of alkyl halides is 3. The van der Waals surface area contributed by atoms with Gasteiger partial charge in [-0.1, -0.05) is 36.4 Å². The van der Waals surface area contributed by atoms with Gasteiger partial charge in [0, 0.05) is 12.1 Å². The number of carbonyl (C=O) groups is 2. The van der Waals surface area contributed by atoms with Crippen molar-refractivity contribution in [3.05, 3.63) is 83.9 Å². The monoisotopic (exact) mass is 502 g/mol. The third kappa shape index (κ3) is 6.98. The van der Waals surface area contributed by atoms with Gasteiger partial charge in [0.25, 0.3) is 5.91 Å². The summed E-state index contributed by atoms with van der Waals surface area (Å²) >= 11 is 0. The lowest BCUT2D eigenvalue weighted by Gasteiger charge is -2.25. The lowest BCUT2D eigenvalue weighted by atomic mass is 10.0. The molecular formula is C26H25F3N2O5. The molecule has 0 fully saturated rings. The van der Waals surface area contributed by atoms with Gasteiger partial charge in [-0.15, -0.1) is 0 Å². The highest BCUT2D eigenvalue weighted by Gasteiger charge is 2.34. The summed E-state index contributed by atoms with van der Waals surface area (Å²) in [6.07, 6.45) is -5.20. The van der Waals surface area contributed by atoms with Crippen LogP contribution >= 0.6 is 0 Å². The molecule has 2 amide bonds. The molecule has 0 radical (unpaired) electrons. The predicted octanol–water partition coefficient (Wildman–Crippen LogP) is 4.95. The maximum atomic E-state index is 12.7. The van der Waals surface area contributed by atoms with Crippen LogP contribution < -0.4 is 15.4 Å². The van der Waals surface area contributed by atoms with Crippen LogP contribution in [-0.4, -0.2) is 41.0 Å². The van der Waals surface area contributed by atoms with Gasteiger partial charge in [0.05, 0.1) is 18.8 Å². The van der Waals surface area contributed by atoms with E-state index in [0.29, 0.717) is 30.0 Å². The first-order chi connectivity index (χ1) is 17.0. The van der Waals surface area contributed by atoms with Crippen molar-refractivity contribution in [2.75, 3.05) is 18.5 Å². The Hall–Kier alpha value is -4.05. The Kier molecular flexibility index (Phi) is 8.21. The van der Waals surface area contributed by atoms with Gasteiger partial charge in [-0.2, -0.15) is 13.2 Å². The Morgan fingerprint density at radius 2 is 1.44 bits per heavy atom. The first-order valence-corrected chi connectivity index (χ1v) is 10.9. The fraction of sp³-hybridized carbons (Fsp3) is 0.231. The highest BCUT2D eigenvalue weighted by Crippen LogP contribution is 2.31. The van der Waals surface area contributed by atoms with E-state index in [9.17, 15) is 27.9 Å². The fourth-order valence-electron chi connectivity index (χ4n) is 3.31. The Bertz CT molecular complexity index is 1180. The molecule has 0 aliphatic carbocycles. The summed E-state index contributed by atoms with van der Waals surface area (Å²) in [5.41, 5.74) is 0.511. The second-order valence-corrected chi connectivity index (χ2v) is 8.27. The van der Waals surface area contributed by atoms with E-state index in [4.69, 9.17) is 9.84 Å². The first-order valence-electron chi connectivity index (χ1n) is 10.9. The van der Waals surface area contributed by atoms with E-state index >= 15 is 0 Å². The summed E-state index contributed by atoms with van der Waals surface area (Å²) in [6, 6.07) is 18.9. The number of hydrogen-bond donors (Lipinski definition) is 4. The van der Waals surface area contributed by atoms with E-state index < -0.39 is 35.9 Å². The first kappa shape index (κ1) is 26.6. The highest BCUT2D eigenvalue weighted by molar-refractivity contribution is 5.99. The van der Waals surface area contributed by atoms with Gasteiger partial charge in [-0.05, 0) is 60.0 Å². The maximum absolute atomic E-state index is 12.7. The van der Waals surface area contributed by atoms with Gasteiger partial charge in [-0.3, -0.25) is 4.79 Å². The van der Waals surface area contributed by atoms with Gasteiger partial charge >= 0.3 is 12.3 Å². The number of rotatable bonds is 9. The van der Waals surface area contributed by atoms with Crippen LogP contribution in [0.3, 0.4) is 0 Å². The lowest BCUT2D eigenvalue weighted by molar-refractivity contribution is -0.137. The number of carboxylic acid groups (broad SMARTS) is 1. The molecule has 0 spiro atoms. The fourth-order valence-corrected chi connectivity index (χ4v) is 3.31. The molecule has 3 aromatic rings. The van der Waals surface area contributed by atoms with E-state index in [1.54, 1.807) is 24.3 Å².